The number of nitrogens with two attached hydrogens (primary N) is 1. The molecule has 0 aromatic heterocycles. The Morgan fingerprint density at radius 1 is 0.591 bits per heavy atom. The van der Waals surface area contributed by atoms with Crippen LogP contribution in [-0.4, -0.2) is 54.9 Å². The van der Waals surface area contributed by atoms with E-state index in [2.05, 4.69) is 0 Å². The van der Waals surface area contributed by atoms with E-state index in [-0.39, 0.29) is 29.8 Å². The van der Waals surface area contributed by atoms with Gasteiger partial charge in [0.05, 0.1) is 0 Å². The summed E-state index contributed by atoms with van der Waals surface area (Å²) in [6.07, 6.45) is -5.50. The van der Waals surface area contributed by atoms with Gasteiger partial charge in [0.2, 0.25) is 0 Å². The smallest absolute Gasteiger partial charge is 0.458 e. The van der Waals surface area contributed by atoms with Crippen LogP contribution < -0.4 is 19.9 Å². The van der Waals surface area contributed by atoms with Gasteiger partial charge in [0, 0.05) is 0 Å². The Balaban J connectivity index is 2.07. The van der Waals surface area contributed by atoms with Crippen LogP contribution in [0, 0.1) is 11.8 Å². The van der Waals surface area contributed by atoms with E-state index in [0.717, 1.165) is 0 Å². The van der Waals surface area contributed by atoms with Crippen LogP contribution in [0.4, 0.5) is 14.4 Å². The largest absolute Gasteiger partial charge is 0.514 e. The Morgan fingerprint density at radius 2 is 1.07 bits per heavy atom. The van der Waals surface area contributed by atoms with E-state index in [1.807, 2.05) is 27.7 Å². The molecule has 44 heavy (non-hydrogen) atoms. The lowest BCUT2D eigenvalue weighted by molar-refractivity contribution is -0.155. The van der Waals surface area contributed by atoms with Crippen molar-refractivity contribution in [2.24, 2.45) is 17.6 Å². The van der Waals surface area contributed by atoms with Gasteiger partial charge >= 0.3 is 24.4 Å². The van der Waals surface area contributed by atoms with E-state index in [1.54, 1.807) is 64.1 Å². The van der Waals surface area contributed by atoms with Crippen molar-refractivity contribution in [2.75, 3.05) is 0 Å². The molecule has 0 amide bonds. The zero-order valence-electron chi connectivity index (χ0n) is 26.4. The van der Waals surface area contributed by atoms with Gasteiger partial charge in [0.15, 0.2) is 11.5 Å². The molecule has 2 unspecified atom stereocenters. The van der Waals surface area contributed by atoms with Crippen LogP contribution in [0.15, 0.2) is 48.5 Å². The Hall–Kier alpha value is -4.32. The lowest BCUT2D eigenvalue weighted by Crippen LogP contribution is -2.39. The van der Waals surface area contributed by atoms with Gasteiger partial charge in [-0.05, 0) is 75.8 Å². The molecule has 0 aliphatic rings. The van der Waals surface area contributed by atoms with Crippen molar-refractivity contribution < 1.29 is 52.3 Å². The molecule has 242 valence electrons. The number of carbonyl (C=O) groups excluding carboxylic acids is 4. The fourth-order valence-electron chi connectivity index (χ4n) is 3.21. The van der Waals surface area contributed by atoms with E-state index in [4.69, 9.17) is 38.9 Å². The predicted octanol–water partition coefficient (Wildman–Crippen LogP) is 6.21. The number of hydrogen-bond acceptors (Lipinski definition) is 12. The maximum Gasteiger partial charge on any atom is 0.514 e. The van der Waals surface area contributed by atoms with Crippen LogP contribution in [0.5, 0.6) is 17.2 Å². The second-order valence-corrected chi connectivity index (χ2v) is 11.1. The Labute approximate surface area is 258 Å². The predicted molar refractivity (Wildman–Crippen MR) is 160 cm³/mol. The van der Waals surface area contributed by atoms with Crippen LogP contribution in [0.2, 0.25) is 0 Å². The third kappa shape index (κ3) is 12.1. The van der Waals surface area contributed by atoms with Crippen LogP contribution in [0.1, 0.15) is 61.0 Å². The van der Waals surface area contributed by atoms with Crippen molar-refractivity contribution >= 4 is 24.4 Å². The molecular formula is C32H43NO11. The van der Waals surface area contributed by atoms with E-state index < -0.39 is 54.9 Å². The first-order valence-electron chi connectivity index (χ1n) is 14.5. The Bertz CT molecular complexity index is 1250. The number of ether oxygens (including phenoxy) is 7. The van der Waals surface area contributed by atoms with Crippen LogP contribution in [-0.2, 0) is 30.2 Å². The third-order valence-electron chi connectivity index (χ3n) is 6.78. The van der Waals surface area contributed by atoms with Gasteiger partial charge in [-0.3, -0.25) is 4.79 Å². The lowest BCUT2D eigenvalue weighted by Gasteiger charge is -2.22. The minimum Gasteiger partial charge on any atom is -0.458 e. The highest BCUT2D eigenvalue weighted by atomic mass is 16.8. The summed E-state index contributed by atoms with van der Waals surface area (Å²) < 4.78 is 36.9. The molecule has 0 bridgehead atoms. The molecule has 12 nitrogen and oxygen atoms in total. The summed E-state index contributed by atoms with van der Waals surface area (Å²) in [5, 5.41) is 0. The molecule has 0 saturated carbocycles. The molecule has 2 rings (SSSR count). The fraction of sp³-hybridized carbons (Fsp3) is 0.500. The summed E-state index contributed by atoms with van der Waals surface area (Å²) in [5.74, 6) is -0.599. The fourth-order valence-corrected chi connectivity index (χ4v) is 3.21. The average Bonchev–Trinajstić information content (AvgIpc) is 2.94. The molecule has 2 aromatic rings. The highest BCUT2D eigenvalue weighted by Gasteiger charge is 2.26. The number of esters is 1. The molecule has 5 atom stereocenters. The third-order valence-corrected chi connectivity index (χ3v) is 6.78. The maximum atomic E-state index is 12.7. The molecule has 2 aromatic carbocycles. The molecule has 0 fully saturated rings. The lowest BCUT2D eigenvalue weighted by atomic mass is 10.1. The molecule has 0 aliphatic heterocycles. The Kier molecular flexibility index (Phi) is 13.9. The summed E-state index contributed by atoms with van der Waals surface area (Å²) in [7, 11) is 0. The topological polar surface area (TPSA) is 159 Å². The molecule has 0 spiro atoms. The van der Waals surface area contributed by atoms with Crippen LogP contribution >= 0.6 is 0 Å². The van der Waals surface area contributed by atoms with Crippen molar-refractivity contribution in [1.82, 2.24) is 0 Å². The van der Waals surface area contributed by atoms with Gasteiger partial charge in [-0.2, -0.15) is 0 Å². The number of para-hydroxylation sites is 1. The summed E-state index contributed by atoms with van der Waals surface area (Å²) in [6.45, 7) is 14.1. The number of carbonyl (C=O) groups is 4. The summed E-state index contributed by atoms with van der Waals surface area (Å²) in [5.41, 5.74) is 6.58. The second kappa shape index (κ2) is 17.1. The van der Waals surface area contributed by atoms with Crippen molar-refractivity contribution in [3.05, 3.63) is 54.1 Å². The van der Waals surface area contributed by atoms with E-state index in [1.165, 1.54) is 12.1 Å². The standard InChI is InChI=1S/C32H43NO11/c1-18(2)20(5)39-31(36)43-27-15-14-24(17-28(27)44-32(37)40-21(6)19(3)4)16-26(33)29(34)38-22(7)23(8)41-30(35)42-25-12-10-9-11-13-25/h9-15,17-23,26H,16,33H2,1-8H3/t20?,21?,22-,23-,26-/m0/s1. The molecule has 0 saturated heterocycles. The first-order chi connectivity index (χ1) is 20.7. The zero-order chi connectivity index (χ0) is 33.0. The molecule has 2 N–H and O–H groups in total. The molecule has 0 heterocycles. The molecule has 0 radical (unpaired) electrons. The number of hydrogen-bond donors (Lipinski definition) is 1. The summed E-state index contributed by atoms with van der Waals surface area (Å²) in [6, 6.07) is 11.6. The van der Waals surface area contributed by atoms with Crippen molar-refractivity contribution in [1.29, 1.82) is 0 Å². The summed E-state index contributed by atoms with van der Waals surface area (Å²) in [4.78, 5) is 49.7. The van der Waals surface area contributed by atoms with Gasteiger partial charge in [-0.1, -0.05) is 52.0 Å². The molecular weight excluding hydrogens is 574 g/mol. The van der Waals surface area contributed by atoms with Crippen LogP contribution in [0.3, 0.4) is 0 Å². The zero-order valence-corrected chi connectivity index (χ0v) is 26.4. The van der Waals surface area contributed by atoms with Gasteiger partial charge in [-0.25, -0.2) is 14.4 Å². The number of rotatable bonds is 13. The molecule has 0 aliphatic carbocycles. The second-order valence-electron chi connectivity index (χ2n) is 11.1. The number of benzene rings is 2. The average molecular weight is 618 g/mol. The van der Waals surface area contributed by atoms with E-state index >= 15 is 0 Å². The van der Waals surface area contributed by atoms with Crippen LogP contribution in [0.25, 0.3) is 0 Å². The highest BCUT2D eigenvalue weighted by molar-refractivity contribution is 5.76. The van der Waals surface area contributed by atoms with E-state index in [0.29, 0.717) is 11.3 Å². The first kappa shape index (κ1) is 35.9. The highest BCUT2D eigenvalue weighted by Crippen LogP contribution is 2.30. The molecule has 12 heteroatoms. The van der Waals surface area contributed by atoms with Gasteiger partial charge in [0.25, 0.3) is 0 Å². The first-order valence-corrected chi connectivity index (χ1v) is 14.5. The quantitative estimate of drug-likeness (QED) is 0.154. The van der Waals surface area contributed by atoms with Gasteiger partial charge in [-0.15, -0.1) is 0 Å². The minimum atomic E-state index is -1.13. The summed E-state index contributed by atoms with van der Waals surface area (Å²) >= 11 is 0. The SMILES string of the molecule is CC(C)C(C)OC(=O)Oc1ccc(C[C@H](N)C(=O)O[C@@H](C)[C@H](C)OC(=O)Oc2ccccc2)cc1OC(=O)OC(C)C(C)C. The van der Waals surface area contributed by atoms with E-state index in [9.17, 15) is 19.2 Å². The van der Waals surface area contributed by atoms with Crippen molar-refractivity contribution in [3.63, 3.8) is 0 Å². The monoisotopic (exact) mass is 617 g/mol. The van der Waals surface area contributed by atoms with Crippen molar-refractivity contribution in [3.8, 4) is 17.2 Å². The van der Waals surface area contributed by atoms with Gasteiger partial charge in [0.1, 0.15) is 36.2 Å². The van der Waals surface area contributed by atoms with Gasteiger partial charge < -0.3 is 38.9 Å². The maximum absolute atomic E-state index is 12.7. The minimum absolute atomic E-state index is 0.0280. The Morgan fingerprint density at radius 3 is 1.61 bits per heavy atom. The normalized spacial score (nSPS) is 14.4. The van der Waals surface area contributed by atoms with Crippen molar-refractivity contribution in [2.45, 2.75) is 92.3 Å².